The standard InChI is InChI=1S/C16H24O2/c1-5-11(2)15(17)18-9-8-12-6-7-13-10-14(12)16(13,3)4/h5-6,13-14H,7-10H2,1-4H3/b11-5+. The fourth-order valence-electron chi connectivity index (χ4n) is 3.25. The number of ether oxygens (including phenoxy) is 1. The molecule has 2 bridgehead atoms. The van der Waals surface area contributed by atoms with Crippen LogP contribution in [-0.2, 0) is 9.53 Å². The number of rotatable bonds is 4. The van der Waals surface area contributed by atoms with Crippen molar-refractivity contribution in [1.82, 2.24) is 0 Å². The molecule has 0 N–H and O–H groups in total. The average Bonchev–Trinajstić information content (AvgIpc) is 2.37. The SMILES string of the molecule is C/C=C(\C)C(=O)OCCC1=CCC2CC1C2(C)C. The molecule has 2 heteroatoms. The van der Waals surface area contributed by atoms with Gasteiger partial charge in [0, 0.05) is 12.0 Å². The zero-order valence-corrected chi connectivity index (χ0v) is 12.0. The summed E-state index contributed by atoms with van der Waals surface area (Å²) in [6, 6.07) is 0. The van der Waals surface area contributed by atoms with E-state index in [2.05, 4.69) is 19.9 Å². The van der Waals surface area contributed by atoms with Crippen molar-refractivity contribution < 1.29 is 9.53 Å². The first-order valence-electron chi connectivity index (χ1n) is 6.95. The van der Waals surface area contributed by atoms with Gasteiger partial charge >= 0.3 is 5.97 Å². The molecule has 0 radical (unpaired) electrons. The van der Waals surface area contributed by atoms with Gasteiger partial charge in [-0.25, -0.2) is 4.79 Å². The Labute approximate surface area is 110 Å². The number of fused-ring (bicyclic) bond motifs is 1. The molecule has 2 atom stereocenters. The van der Waals surface area contributed by atoms with Gasteiger partial charge in [-0.3, -0.25) is 0 Å². The first kappa shape index (κ1) is 13.4. The second-order valence-corrected chi connectivity index (χ2v) is 6.18. The zero-order valence-electron chi connectivity index (χ0n) is 12.0. The van der Waals surface area contributed by atoms with Crippen molar-refractivity contribution in [1.29, 1.82) is 0 Å². The number of hydrogen-bond donors (Lipinski definition) is 0. The van der Waals surface area contributed by atoms with Gasteiger partial charge in [-0.2, -0.15) is 0 Å². The van der Waals surface area contributed by atoms with Gasteiger partial charge in [0.05, 0.1) is 6.61 Å². The monoisotopic (exact) mass is 248 g/mol. The molecule has 1 fully saturated rings. The number of carbonyl (C=O) groups excluding carboxylic acids is 1. The van der Waals surface area contributed by atoms with E-state index in [1.807, 2.05) is 6.92 Å². The molecule has 2 nitrogen and oxygen atoms in total. The highest BCUT2D eigenvalue weighted by atomic mass is 16.5. The number of allylic oxidation sites excluding steroid dienone is 2. The minimum Gasteiger partial charge on any atom is -0.462 e. The van der Waals surface area contributed by atoms with Crippen molar-refractivity contribution in [2.75, 3.05) is 6.61 Å². The van der Waals surface area contributed by atoms with Crippen LogP contribution in [-0.4, -0.2) is 12.6 Å². The third kappa shape index (κ3) is 2.25. The molecule has 100 valence electrons. The van der Waals surface area contributed by atoms with E-state index >= 15 is 0 Å². The lowest BCUT2D eigenvalue weighted by Crippen LogP contribution is -2.48. The van der Waals surface area contributed by atoms with Gasteiger partial charge in [-0.15, -0.1) is 0 Å². The predicted octanol–water partition coefficient (Wildman–Crippen LogP) is 3.88. The Bertz CT molecular complexity index is 401. The maximum absolute atomic E-state index is 11.5. The Morgan fingerprint density at radius 3 is 2.83 bits per heavy atom. The molecule has 3 rings (SSSR count). The molecule has 0 heterocycles. The smallest absolute Gasteiger partial charge is 0.333 e. The van der Waals surface area contributed by atoms with Crippen LogP contribution in [0.1, 0.15) is 47.0 Å². The van der Waals surface area contributed by atoms with Crippen molar-refractivity contribution in [3.63, 3.8) is 0 Å². The van der Waals surface area contributed by atoms with Crippen LogP contribution in [0.3, 0.4) is 0 Å². The minimum atomic E-state index is -0.181. The van der Waals surface area contributed by atoms with Crippen LogP contribution in [0.4, 0.5) is 0 Å². The van der Waals surface area contributed by atoms with E-state index in [0.29, 0.717) is 17.6 Å². The molecule has 0 aromatic heterocycles. The molecule has 0 aromatic carbocycles. The highest BCUT2D eigenvalue weighted by molar-refractivity contribution is 5.87. The molecule has 0 amide bonds. The summed E-state index contributed by atoms with van der Waals surface area (Å²) in [5.74, 6) is 1.41. The average molecular weight is 248 g/mol. The quantitative estimate of drug-likeness (QED) is 0.429. The van der Waals surface area contributed by atoms with Gasteiger partial charge < -0.3 is 4.74 Å². The number of esters is 1. The van der Waals surface area contributed by atoms with Crippen molar-refractivity contribution in [3.8, 4) is 0 Å². The molecule has 0 aromatic rings. The summed E-state index contributed by atoms with van der Waals surface area (Å²) < 4.78 is 5.28. The summed E-state index contributed by atoms with van der Waals surface area (Å²) in [6.45, 7) is 8.91. The van der Waals surface area contributed by atoms with Crippen molar-refractivity contribution in [3.05, 3.63) is 23.3 Å². The molecule has 3 aliphatic carbocycles. The van der Waals surface area contributed by atoms with Crippen LogP contribution in [0.5, 0.6) is 0 Å². The van der Waals surface area contributed by atoms with E-state index in [4.69, 9.17) is 4.74 Å². The van der Waals surface area contributed by atoms with E-state index in [-0.39, 0.29) is 5.97 Å². The summed E-state index contributed by atoms with van der Waals surface area (Å²) in [5.41, 5.74) is 2.66. The second-order valence-electron chi connectivity index (χ2n) is 6.18. The largest absolute Gasteiger partial charge is 0.462 e. The van der Waals surface area contributed by atoms with E-state index in [1.165, 1.54) is 18.4 Å². The highest BCUT2D eigenvalue weighted by Crippen LogP contribution is 2.59. The molecule has 0 spiro atoms. The van der Waals surface area contributed by atoms with Gasteiger partial charge in [0.1, 0.15) is 0 Å². The molecule has 18 heavy (non-hydrogen) atoms. The fraction of sp³-hybridized carbons (Fsp3) is 0.688. The Morgan fingerprint density at radius 1 is 1.56 bits per heavy atom. The summed E-state index contributed by atoms with van der Waals surface area (Å²) in [7, 11) is 0. The van der Waals surface area contributed by atoms with Crippen molar-refractivity contribution >= 4 is 5.97 Å². The molecule has 0 saturated heterocycles. The number of hydrogen-bond acceptors (Lipinski definition) is 2. The van der Waals surface area contributed by atoms with E-state index in [9.17, 15) is 4.79 Å². The summed E-state index contributed by atoms with van der Waals surface area (Å²) in [5, 5.41) is 0. The van der Waals surface area contributed by atoms with Crippen molar-refractivity contribution in [2.45, 2.75) is 47.0 Å². The molecular formula is C16H24O2. The predicted molar refractivity (Wildman–Crippen MR) is 73.1 cm³/mol. The minimum absolute atomic E-state index is 0.181. The molecule has 3 aliphatic rings. The maximum Gasteiger partial charge on any atom is 0.333 e. The van der Waals surface area contributed by atoms with E-state index < -0.39 is 0 Å². The molecule has 2 unspecified atom stereocenters. The highest BCUT2D eigenvalue weighted by Gasteiger charge is 2.50. The van der Waals surface area contributed by atoms with Gasteiger partial charge in [-0.05, 0) is 43.9 Å². The van der Waals surface area contributed by atoms with Crippen LogP contribution in [0.25, 0.3) is 0 Å². The topological polar surface area (TPSA) is 26.3 Å². The lowest BCUT2D eigenvalue weighted by molar-refractivity contribution is -0.139. The summed E-state index contributed by atoms with van der Waals surface area (Å²) in [6.07, 6.45) is 7.62. The van der Waals surface area contributed by atoms with E-state index in [1.54, 1.807) is 13.0 Å². The Morgan fingerprint density at radius 2 is 2.28 bits per heavy atom. The summed E-state index contributed by atoms with van der Waals surface area (Å²) in [4.78, 5) is 11.5. The van der Waals surface area contributed by atoms with Crippen LogP contribution < -0.4 is 0 Å². The Hall–Kier alpha value is -1.05. The summed E-state index contributed by atoms with van der Waals surface area (Å²) >= 11 is 0. The fourth-order valence-corrected chi connectivity index (χ4v) is 3.25. The Kier molecular flexibility index (Phi) is 3.65. The van der Waals surface area contributed by atoms with E-state index in [0.717, 1.165) is 18.3 Å². The maximum atomic E-state index is 11.5. The van der Waals surface area contributed by atoms with Crippen LogP contribution in [0, 0.1) is 17.3 Å². The number of carbonyl (C=O) groups is 1. The lowest BCUT2D eigenvalue weighted by atomic mass is 9.48. The third-order valence-electron chi connectivity index (χ3n) is 4.96. The normalized spacial score (nSPS) is 29.3. The van der Waals surface area contributed by atoms with Gasteiger partial charge in [0.25, 0.3) is 0 Å². The second kappa shape index (κ2) is 4.91. The zero-order chi connectivity index (χ0) is 13.3. The third-order valence-corrected chi connectivity index (χ3v) is 4.96. The first-order valence-corrected chi connectivity index (χ1v) is 6.95. The van der Waals surface area contributed by atoms with Crippen LogP contribution in [0.2, 0.25) is 0 Å². The Balaban J connectivity index is 1.82. The molecule has 0 aliphatic heterocycles. The lowest BCUT2D eigenvalue weighted by Gasteiger charge is -2.56. The van der Waals surface area contributed by atoms with Gasteiger partial charge in [0.2, 0.25) is 0 Å². The van der Waals surface area contributed by atoms with Gasteiger partial charge in [0.15, 0.2) is 0 Å². The first-order chi connectivity index (χ1) is 8.46. The van der Waals surface area contributed by atoms with Crippen LogP contribution in [0.15, 0.2) is 23.3 Å². The molecular weight excluding hydrogens is 224 g/mol. The molecule has 1 saturated carbocycles. The van der Waals surface area contributed by atoms with Crippen LogP contribution >= 0.6 is 0 Å². The van der Waals surface area contributed by atoms with Gasteiger partial charge in [-0.1, -0.05) is 31.6 Å². The van der Waals surface area contributed by atoms with Crippen molar-refractivity contribution in [2.24, 2.45) is 17.3 Å².